The van der Waals surface area contributed by atoms with Crippen LogP contribution in [-0.2, 0) is 11.3 Å². The maximum Gasteiger partial charge on any atom is 0.323 e. The van der Waals surface area contributed by atoms with Gasteiger partial charge in [-0.3, -0.25) is 9.58 Å². The Labute approximate surface area is 189 Å². The lowest BCUT2D eigenvalue weighted by Gasteiger charge is -2.26. The van der Waals surface area contributed by atoms with Crippen molar-refractivity contribution in [3.8, 4) is 10.6 Å². The summed E-state index contributed by atoms with van der Waals surface area (Å²) in [5.74, 6) is 0. The van der Waals surface area contributed by atoms with E-state index in [2.05, 4.69) is 26.7 Å². The van der Waals surface area contributed by atoms with Crippen molar-refractivity contribution in [1.29, 1.82) is 0 Å². The number of benzene rings is 2. The number of rotatable bonds is 6. The van der Waals surface area contributed by atoms with Gasteiger partial charge in [0.15, 0.2) is 0 Å². The number of anilines is 2. The van der Waals surface area contributed by atoms with Gasteiger partial charge in [-0.2, -0.15) is 5.10 Å². The minimum Gasteiger partial charge on any atom is -0.379 e. The molecular weight excluding hydrogens is 424 g/mol. The second kappa shape index (κ2) is 9.47. The highest BCUT2D eigenvalue weighted by Gasteiger charge is 2.14. The van der Waals surface area contributed by atoms with Crippen LogP contribution in [0.2, 0.25) is 0 Å². The number of amides is 2. The summed E-state index contributed by atoms with van der Waals surface area (Å²) in [6.45, 7) is 5.14. The molecule has 1 fully saturated rings. The van der Waals surface area contributed by atoms with Crippen molar-refractivity contribution in [2.75, 3.05) is 43.5 Å². The Balaban J connectivity index is 1.23. The fraction of sp³-hybridized carbons (Fsp3) is 0.261. The molecular formula is C23H24N6O2S. The number of nitrogens with one attached hydrogen (secondary N) is 2. The maximum absolute atomic E-state index is 12.7. The van der Waals surface area contributed by atoms with E-state index in [-0.39, 0.29) is 6.03 Å². The van der Waals surface area contributed by atoms with Crippen LogP contribution in [0, 0.1) is 0 Å². The number of thiazole rings is 1. The van der Waals surface area contributed by atoms with Gasteiger partial charge in [-0.05, 0) is 24.3 Å². The monoisotopic (exact) mass is 448 g/mol. The molecule has 1 aliphatic heterocycles. The van der Waals surface area contributed by atoms with Crippen LogP contribution in [0.25, 0.3) is 20.8 Å². The fourth-order valence-electron chi connectivity index (χ4n) is 3.67. The van der Waals surface area contributed by atoms with E-state index in [0.29, 0.717) is 11.4 Å². The number of hydrogen-bond acceptors (Lipinski definition) is 6. The number of carbonyl (C=O) groups excluding carboxylic acids is 1. The van der Waals surface area contributed by atoms with Gasteiger partial charge in [0.2, 0.25) is 0 Å². The van der Waals surface area contributed by atoms with E-state index in [1.165, 1.54) is 0 Å². The zero-order valence-electron chi connectivity index (χ0n) is 17.5. The molecule has 3 heterocycles. The van der Waals surface area contributed by atoms with Gasteiger partial charge in [0.05, 0.1) is 47.5 Å². The first kappa shape index (κ1) is 20.6. The van der Waals surface area contributed by atoms with Crippen LogP contribution >= 0.6 is 11.3 Å². The molecule has 8 nitrogen and oxygen atoms in total. The van der Waals surface area contributed by atoms with Gasteiger partial charge < -0.3 is 15.4 Å². The van der Waals surface area contributed by atoms with Crippen LogP contribution in [0.5, 0.6) is 0 Å². The Bertz CT molecular complexity index is 1180. The van der Waals surface area contributed by atoms with Crippen LogP contribution < -0.4 is 10.6 Å². The van der Waals surface area contributed by atoms with E-state index in [1.54, 1.807) is 17.5 Å². The van der Waals surface area contributed by atoms with E-state index in [4.69, 9.17) is 9.72 Å². The normalized spacial score (nSPS) is 14.5. The van der Waals surface area contributed by atoms with E-state index < -0.39 is 0 Å². The number of aromatic nitrogens is 3. The van der Waals surface area contributed by atoms with E-state index >= 15 is 0 Å². The van der Waals surface area contributed by atoms with Gasteiger partial charge in [-0.15, -0.1) is 11.3 Å². The molecule has 2 N–H and O–H groups in total. The molecule has 164 valence electrons. The molecule has 0 bridgehead atoms. The van der Waals surface area contributed by atoms with Crippen molar-refractivity contribution >= 4 is 39.0 Å². The van der Waals surface area contributed by atoms with E-state index in [0.717, 1.165) is 60.2 Å². The molecule has 2 aromatic carbocycles. The second-order valence-electron chi connectivity index (χ2n) is 7.56. The van der Waals surface area contributed by atoms with Gasteiger partial charge in [0.1, 0.15) is 5.01 Å². The highest BCUT2D eigenvalue weighted by molar-refractivity contribution is 7.21. The van der Waals surface area contributed by atoms with Gasteiger partial charge in [-0.1, -0.05) is 24.3 Å². The highest BCUT2D eigenvalue weighted by Crippen LogP contribution is 2.34. The van der Waals surface area contributed by atoms with Crippen molar-refractivity contribution < 1.29 is 9.53 Å². The molecule has 9 heteroatoms. The molecule has 0 aliphatic carbocycles. The minimum atomic E-state index is -0.314. The second-order valence-corrected chi connectivity index (χ2v) is 8.59. The summed E-state index contributed by atoms with van der Waals surface area (Å²) in [7, 11) is 0. The first-order valence-electron chi connectivity index (χ1n) is 10.6. The number of urea groups is 1. The van der Waals surface area contributed by atoms with Gasteiger partial charge >= 0.3 is 6.03 Å². The van der Waals surface area contributed by atoms with Crippen molar-refractivity contribution in [2.45, 2.75) is 6.54 Å². The summed E-state index contributed by atoms with van der Waals surface area (Å²) in [5, 5.41) is 11.1. The molecule has 0 saturated carbocycles. The smallest absolute Gasteiger partial charge is 0.323 e. The van der Waals surface area contributed by atoms with E-state index in [9.17, 15) is 4.79 Å². The summed E-state index contributed by atoms with van der Waals surface area (Å²) in [4.78, 5) is 19.7. The quantitative estimate of drug-likeness (QED) is 0.463. The fourth-order valence-corrected chi connectivity index (χ4v) is 4.67. The summed E-state index contributed by atoms with van der Waals surface area (Å²) in [5.41, 5.74) is 3.21. The molecule has 0 radical (unpaired) electrons. The summed E-state index contributed by atoms with van der Waals surface area (Å²) in [6, 6.07) is 15.4. The van der Waals surface area contributed by atoms with Gasteiger partial charge in [-0.25, -0.2) is 9.78 Å². The van der Waals surface area contributed by atoms with Crippen molar-refractivity contribution in [2.24, 2.45) is 0 Å². The predicted molar refractivity (Wildman–Crippen MR) is 127 cm³/mol. The van der Waals surface area contributed by atoms with Crippen LogP contribution in [0.4, 0.5) is 16.2 Å². The number of hydrogen-bond donors (Lipinski definition) is 2. The number of para-hydroxylation sites is 2. The molecule has 32 heavy (non-hydrogen) atoms. The third-order valence-electron chi connectivity index (χ3n) is 5.34. The maximum atomic E-state index is 12.7. The van der Waals surface area contributed by atoms with Crippen molar-refractivity contribution in [3.63, 3.8) is 0 Å². The lowest BCUT2D eigenvalue weighted by molar-refractivity contribution is 0.0360. The Morgan fingerprint density at radius 3 is 2.72 bits per heavy atom. The topological polar surface area (TPSA) is 84.3 Å². The molecule has 0 spiro atoms. The summed E-state index contributed by atoms with van der Waals surface area (Å²) >= 11 is 1.61. The minimum absolute atomic E-state index is 0.314. The van der Waals surface area contributed by atoms with Crippen LogP contribution in [0.3, 0.4) is 0 Å². The largest absolute Gasteiger partial charge is 0.379 e. The third-order valence-corrected chi connectivity index (χ3v) is 6.41. The Hall–Kier alpha value is -3.27. The molecule has 1 saturated heterocycles. The van der Waals surface area contributed by atoms with Crippen LogP contribution in [-0.4, -0.2) is 58.5 Å². The predicted octanol–water partition coefficient (Wildman–Crippen LogP) is 4.14. The van der Waals surface area contributed by atoms with Gasteiger partial charge in [0, 0.05) is 31.4 Å². The Morgan fingerprint density at radius 1 is 1.03 bits per heavy atom. The number of nitrogens with zero attached hydrogens (tertiary/aromatic N) is 4. The molecule has 2 amide bonds. The van der Waals surface area contributed by atoms with Crippen molar-refractivity contribution in [3.05, 3.63) is 60.9 Å². The zero-order chi connectivity index (χ0) is 21.8. The van der Waals surface area contributed by atoms with Crippen LogP contribution in [0.15, 0.2) is 60.9 Å². The third kappa shape index (κ3) is 4.80. The number of carbonyl (C=O) groups is 1. The highest BCUT2D eigenvalue weighted by atomic mass is 32.1. The Kier molecular flexibility index (Phi) is 6.11. The SMILES string of the molecule is O=C(Nc1cnn(CCN2CCOCC2)c1)Nc1ccccc1-c1nc2ccccc2s1. The molecule has 5 rings (SSSR count). The lowest BCUT2D eigenvalue weighted by atomic mass is 10.2. The molecule has 4 aromatic rings. The molecule has 0 unspecified atom stereocenters. The number of fused-ring (bicyclic) bond motifs is 1. The summed E-state index contributed by atoms with van der Waals surface area (Å²) < 4.78 is 8.34. The standard InChI is InChI=1S/C23H24N6O2S/c30-23(25-17-15-24-29(16-17)10-9-28-11-13-31-14-12-28)27-19-6-2-1-5-18(19)22-26-20-7-3-4-8-21(20)32-22/h1-8,15-16H,9-14H2,(H2,25,27,30). The first-order valence-corrected chi connectivity index (χ1v) is 11.4. The number of ether oxygens (including phenoxy) is 1. The van der Waals surface area contributed by atoms with E-state index in [1.807, 2.05) is 53.3 Å². The van der Waals surface area contributed by atoms with Crippen LogP contribution in [0.1, 0.15) is 0 Å². The first-order chi connectivity index (χ1) is 15.7. The zero-order valence-corrected chi connectivity index (χ0v) is 18.3. The molecule has 2 aromatic heterocycles. The lowest BCUT2D eigenvalue weighted by Crippen LogP contribution is -2.38. The molecule has 0 atom stereocenters. The average molecular weight is 449 g/mol. The average Bonchev–Trinajstić information content (AvgIpc) is 3.45. The Morgan fingerprint density at radius 2 is 1.84 bits per heavy atom. The molecule has 1 aliphatic rings. The van der Waals surface area contributed by atoms with Gasteiger partial charge in [0.25, 0.3) is 0 Å². The van der Waals surface area contributed by atoms with Crippen molar-refractivity contribution in [1.82, 2.24) is 19.7 Å². The summed E-state index contributed by atoms with van der Waals surface area (Å²) in [6.07, 6.45) is 3.51. The number of morpholine rings is 1.